The van der Waals surface area contributed by atoms with Crippen molar-refractivity contribution in [3.63, 3.8) is 0 Å². The molecule has 0 aliphatic rings. The van der Waals surface area contributed by atoms with Crippen molar-refractivity contribution in [2.75, 3.05) is 20.1 Å². The Morgan fingerprint density at radius 2 is 2.33 bits per heavy atom. The van der Waals surface area contributed by atoms with Gasteiger partial charge in [0, 0.05) is 37.4 Å². The molecule has 84 valence electrons. The number of aromatic nitrogens is 1. The summed E-state index contributed by atoms with van der Waals surface area (Å²) >= 11 is 3.36. The van der Waals surface area contributed by atoms with Crippen molar-refractivity contribution in [3.05, 3.63) is 22.4 Å². The van der Waals surface area contributed by atoms with E-state index >= 15 is 0 Å². The van der Waals surface area contributed by atoms with Crippen LogP contribution in [0.15, 0.2) is 16.7 Å². The number of carbonyl (C=O) groups is 1. The fraction of sp³-hybridized carbons (Fsp3) is 0.500. The molecule has 4 nitrogen and oxygen atoms in total. The molecule has 1 heterocycles. The van der Waals surface area contributed by atoms with E-state index in [2.05, 4.69) is 15.9 Å². The molecule has 1 aromatic rings. The molecule has 2 N–H and O–H groups in total. The standard InChI is InChI=1S/C10H16BrN3O/c1-3-14-7-8(11)6-9(14)10(15)13(2)5-4-12/h6-7H,3-5,12H2,1-2H3. The van der Waals surface area contributed by atoms with Crippen molar-refractivity contribution in [2.24, 2.45) is 5.73 Å². The SMILES string of the molecule is CCn1cc(Br)cc1C(=O)N(C)CCN. The first-order valence-electron chi connectivity index (χ1n) is 4.91. The zero-order valence-corrected chi connectivity index (χ0v) is 10.6. The molecule has 0 aromatic carbocycles. The van der Waals surface area contributed by atoms with E-state index in [-0.39, 0.29) is 5.91 Å². The Bertz CT molecular complexity index is 348. The second-order valence-electron chi connectivity index (χ2n) is 3.34. The maximum Gasteiger partial charge on any atom is 0.270 e. The summed E-state index contributed by atoms with van der Waals surface area (Å²) in [6.07, 6.45) is 1.91. The van der Waals surface area contributed by atoms with Crippen molar-refractivity contribution in [1.82, 2.24) is 9.47 Å². The zero-order valence-electron chi connectivity index (χ0n) is 9.03. The first-order chi connectivity index (χ1) is 7.10. The summed E-state index contributed by atoms with van der Waals surface area (Å²) in [5.41, 5.74) is 6.11. The zero-order chi connectivity index (χ0) is 11.4. The van der Waals surface area contributed by atoms with Crippen LogP contribution >= 0.6 is 15.9 Å². The average molecular weight is 274 g/mol. The molecule has 1 aromatic heterocycles. The van der Waals surface area contributed by atoms with Gasteiger partial charge in [0.05, 0.1) is 0 Å². The first kappa shape index (κ1) is 12.3. The van der Waals surface area contributed by atoms with Crippen molar-refractivity contribution in [2.45, 2.75) is 13.5 Å². The second kappa shape index (κ2) is 5.32. The third-order valence-electron chi connectivity index (χ3n) is 2.23. The van der Waals surface area contributed by atoms with Crippen LogP contribution in [0.4, 0.5) is 0 Å². The van der Waals surface area contributed by atoms with Crippen LogP contribution in [0, 0.1) is 0 Å². The highest BCUT2D eigenvalue weighted by Crippen LogP contribution is 2.16. The van der Waals surface area contributed by atoms with Gasteiger partial charge in [-0.05, 0) is 28.9 Å². The highest BCUT2D eigenvalue weighted by Gasteiger charge is 2.15. The highest BCUT2D eigenvalue weighted by molar-refractivity contribution is 9.10. The number of carbonyl (C=O) groups excluding carboxylic acids is 1. The molecule has 0 fully saturated rings. The third kappa shape index (κ3) is 2.82. The predicted octanol–water partition coefficient (Wildman–Crippen LogP) is 1.30. The number of likely N-dealkylation sites (N-methyl/N-ethyl adjacent to an activating group) is 1. The summed E-state index contributed by atoms with van der Waals surface area (Å²) in [5, 5.41) is 0. The summed E-state index contributed by atoms with van der Waals surface area (Å²) in [4.78, 5) is 13.6. The fourth-order valence-electron chi connectivity index (χ4n) is 1.41. The van der Waals surface area contributed by atoms with Gasteiger partial charge in [-0.2, -0.15) is 0 Å². The summed E-state index contributed by atoms with van der Waals surface area (Å²) in [6.45, 7) is 3.84. The Morgan fingerprint density at radius 3 is 2.87 bits per heavy atom. The van der Waals surface area contributed by atoms with E-state index in [1.54, 1.807) is 11.9 Å². The third-order valence-corrected chi connectivity index (χ3v) is 2.67. The molecule has 15 heavy (non-hydrogen) atoms. The molecular formula is C10H16BrN3O. The van der Waals surface area contributed by atoms with Crippen LogP contribution in [0.5, 0.6) is 0 Å². The van der Waals surface area contributed by atoms with Gasteiger partial charge >= 0.3 is 0 Å². The van der Waals surface area contributed by atoms with E-state index in [0.29, 0.717) is 18.8 Å². The Morgan fingerprint density at radius 1 is 1.67 bits per heavy atom. The molecule has 0 spiro atoms. The van der Waals surface area contributed by atoms with E-state index in [4.69, 9.17) is 5.73 Å². The van der Waals surface area contributed by atoms with Gasteiger partial charge in [-0.25, -0.2) is 0 Å². The van der Waals surface area contributed by atoms with Gasteiger partial charge in [-0.15, -0.1) is 0 Å². The summed E-state index contributed by atoms with van der Waals surface area (Å²) < 4.78 is 2.84. The predicted molar refractivity (Wildman–Crippen MR) is 63.8 cm³/mol. The maximum atomic E-state index is 12.0. The van der Waals surface area contributed by atoms with Crippen LogP contribution in [-0.2, 0) is 6.54 Å². The molecule has 0 bridgehead atoms. The van der Waals surface area contributed by atoms with Gasteiger partial charge in [0.2, 0.25) is 0 Å². The Hall–Kier alpha value is -0.810. The lowest BCUT2D eigenvalue weighted by atomic mass is 10.3. The van der Waals surface area contributed by atoms with Crippen LogP contribution < -0.4 is 5.73 Å². The molecular weight excluding hydrogens is 258 g/mol. The lowest BCUT2D eigenvalue weighted by Gasteiger charge is -2.16. The lowest BCUT2D eigenvalue weighted by Crippen LogP contribution is -2.32. The van der Waals surface area contributed by atoms with Crippen molar-refractivity contribution < 1.29 is 4.79 Å². The Balaban J connectivity index is 2.89. The molecule has 0 aliphatic carbocycles. The van der Waals surface area contributed by atoms with Crippen LogP contribution in [0.3, 0.4) is 0 Å². The molecule has 0 unspecified atom stereocenters. The smallest absolute Gasteiger partial charge is 0.270 e. The number of rotatable bonds is 4. The van der Waals surface area contributed by atoms with Gasteiger partial charge in [0.1, 0.15) is 5.69 Å². The minimum Gasteiger partial charge on any atom is -0.343 e. The number of hydrogen-bond donors (Lipinski definition) is 1. The van der Waals surface area contributed by atoms with E-state index < -0.39 is 0 Å². The number of halogens is 1. The van der Waals surface area contributed by atoms with E-state index in [9.17, 15) is 4.79 Å². The number of hydrogen-bond acceptors (Lipinski definition) is 2. The van der Waals surface area contributed by atoms with Crippen LogP contribution in [0.1, 0.15) is 17.4 Å². The molecule has 0 atom stereocenters. The fourth-order valence-corrected chi connectivity index (χ4v) is 1.87. The van der Waals surface area contributed by atoms with Gasteiger partial charge in [-0.1, -0.05) is 0 Å². The van der Waals surface area contributed by atoms with E-state index in [0.717, 1.165) is 11.0 Å². The Labute approximate surface area is 98.2 Å². The molecule has 0 saturated heterocycles. The minimum atomic E-state index is 0.00741. The molecule has 1 rings (SSSR count). The number of nitrogens with two attached hydrogens (primary N) is 1. The van der Waals surface area contributed by atoms with Crippen molar-refractivity contribution in [3.8, 4) is 0 Å². The highest BCUT2D eigenvalue weighted by atomic mass is 79.9. The first-order valence-corrected chi connectivity index (χ1v) is 5.70. The number of nitrogens with zero attached hydrogens (tertiary/aromatic N) is 2. The second-order valence-corrected chi connectivity index (χ2v) is 4.26. The molecule has 1 amide bonds. The maximum absolute atomic E-state index is 12.0. The van der Waals surface area contributed by atoms with Crippen molar-refractivity contribution in [1.29, 1.82) is 0 Å². The van der Waals surface area contributed by atoms with Crippen molar-refractivity contribution >= 4 is 21.8 Å². The largest absolute Gasteiger partial charge is 0.343 e. The molecule has 0 saturated carbocycles. The average Bonchev–Trinajstić information content (AvgIpc) is 2.58. The van der Waals surface area contributed by atoms with Crippen LogP contribution in [-0.4, -0.2) is 35.5 Å². The van der Waals surface area contributed by atoms with Gasteiger partial charge in [0.15, 0.2) is 0 Å². The van der Waals surface area contributed by atoms with Crippen LogP contribution in [0.2, 0.25) is 0 Å². The number of amides is 1. The summed E-state index contributed by atoms with van der Waals surface area (Å²) in [7, 11) is 1.76. The van der Waals surface area contributed by atoms with Gasteiger partial charge in [0.25, 0.3) is 5.91 Å². The minimum absolute atomic E-state index is 0.00741. The quantitative estimate of drug-likeness (QED) is 0.899. The molecule has 5 heteroatoms. The van der Waals surface area contributed by atoms with E-state index in [1.807, 2.05) is 23.8 Å². The van der Waals surface area contributed by atoms with Gasteiger partial charge < -0.3 is 15.2 Å². The van der Waals surface area contributed by atoms with Gasteiger partial charge in [-0.3, -0.25) is 4.79 Å². The Kier molecular flexibility index (Phi) is 4.35. The van der Waals surface area contributed by atoms with Crippen LogP contribution in [0.25, 0.3) is 0 Å². The summed E-state index contributed by atoms with van der Waals surface area (Å²) in [6, 6.07) is 1.83. The number of aryl methyl sites for hydroxylation is 1. The lowest BCUT2D eigenvalue weighted by molar-refractivity contribution is 0.0788. The van der Waals surface area contributed by atoms with E-state index in [1.165, 1.54) is 0 Å². The topological polar surface area (TPSA) is 51.3 Å². The molecule has 0 radical (unpaired) electrons. The molecule has 0 aliphatic heterocycles. The summed E-state index contributed by atoms with van der Waals surface area (Å²) in [5.74, 6) is 0.00741. The monoisotopic (exact) mass is 273 g/mol. The normalized spacial score (nSPS) is 10.4.